The van der Waals surface area contributed by atoms with E-state index in [1.54, 1.807) is 0 Å². The van der Waals surface area contributed by atoms with E-state index < -0.39 is 0 Å². The van der Waals surface area contributed by atoms with Crippen LogP contribution in [0, 0.1) is 0 Å². The number of benzene rings is 2. The van der Waals surface area contributed by atoms with Crippen LogP contribution in [0.3, 0.4) is 0 Å². The topological polar surface area (TPSA) is 12.0 Å². The Morgan fingerprint density at radius 3 is 2.48 bits per heavy atom. The van der Waals surface area contributed by atoms with Crippen LogP contribution >= 0.6 is 23.2 Å². The van der Waals surface area contributed by atoms with Gasteiger partial charge in [0.25, 0.3) is 0 Å². The highest BCUT2D eigenvalue weighted by molar-refractivity contribution is 6.36. The van der Waals surface area contributed by atoms with Gasteiger partial charge in [0, 0.05) is 15.6 Å². The molecule has 0 bridgehead atoms. The fourth-order valence-electron chi connectivity index (χ4n) is 3.15. The maximum absolute atomic E-state index is 6.40. The molecule has 0 saturated carbocycles. The second-order valence-corrected chi connectivity index (χ2v) is 6.32. The SMILES string of the molecule is CCNC(c1ccc2c(c1)CCC2)c1c(Cl)cccc1Cl. The molecule has 2 aromatic carbocycles. The number of hydrogen-bond acceptors (Lipinski definition) is 1. The van der Waals surface area contributed by atoms with E-state index in [9.17, 15) is 0 Å². The maximum Gasteiger partial charge on any atom is 0.0606 e. The van der Waals surface area contributed by atoms with Gasteiger partial charge in [-0.05, 0) is 54.6 Å². The molecule has 0 spiro atoms. The predicted octanol–water partition coefficient (Wildman–Crippen LogP) is 5.18. The van der Waals surface area contributed by atoms with Crippen LogP contribution in [-0.2, 0) is 12.8 Å². The molecule has 0 aromatic heterocycles. The van der Waals surface area contributed by atoms with Crippen molar-refractivity contribution >= 4 is 23.2 Å². The van der Waals surface area contributed by atoms with Gasteiger partial charge < -0.3 is 5.32 Å². The van der Waals surface area contributed by atoms with Gasteiger partial charge in [-0.2, -0.15) is 0 Å². The van der Waals surface area contributed by atoms with Crippen LogP contribution in [-0.4, -0.2) is 6.54 Å². The third kappa shape index (κ3) is 2.96. The van der Waals surface area contributed by atoms with Gasteiger partial charge in [-0.15, -0.1) is 0 Å². The first-order valence-corrected chi connectivity index (χ1v) is 8.25. The highest BCUT2D eigenvalue weighted by Crippen LogP contribution is 2.35. The van der Waals surface area contributed by atoms with Crippen LogP contribution in [0.4, 0.5) is 0 Å². The van der Waals surface area contributed by atoms with Crippen molar-refractivity contribution in [3.8, 4) is 0 Å². The summed E-state index contributed by atoms with van der Waals surface area (Å²) in [6.07, 6.45) is 3.64. The predicted molar refractivity (Wildman–Crippen MR) is 90.4 cm³/mol. The second-order valence-electron chi connectivity index (χ2n) is 5.51. The quantitative estimate of drug-likeness (QED) is 0.818. The molecular formula is C18H19Cl2N. The summed E-state index contributed by atoms with van der Waals surface area (Å²) in [7, 11) is 0. The van der Waals surface area contributed by atoms with Crippen molar-refractivity contribution in [1.82, 2.24) is 5.32 Å². The van der Waals surface area contributed by atoms with Crippen LogP contribution in [0.5, 0.6) is 0 Å². The second kappa shape index (κ2) is 6.39. The van der Waals surface area contributed by atoms with Crippen LogP contribution in [0.25, 0.3) is 0 Å². The van der Waals surface area contributed by atoms with E-state index in [1.165, 1.54) is 36.0 Å². The molecule has 0 radical (unpaired) electrons. The lowest BCUT2D eigenvalue weighted by Crippen LogP contribution is -2.22. The summed E-state index contributed by atoms with van der Waals surface area (Å²) in [6.45, 7) is 2.97. The van der Waals surface area contributed by atoms with Crippen LogP contribution in [0.1, 0.15) is 41.6 Å². The summed E-state index contributed by atoms with van der Waals surface area (Å²) in [6, 6.07) is 12.5. The Bertz CT molecular complexity index is 631. The number of nitrogens with one attached hydrogen (secondary N) is 1. The van der Waals surface area contributed by atoms with E-state index in [4.69, 9.17) is 23.2 Å². The smallest absolute Gasteiger partial charge is 0.0606 e. The Hall–Kier alpha value is -1.02. The normalized spacial score (nSPS) is 15.0. The molecule has 1 aliphatic rings. The zero-order chi connectivity index (χ0) is 14.8. The van der Waals surface area contributed by atoms with Gasteiger partial charge in [-0.3, -0.25) is 0 Å². The molecule has 0 fully saturated rings. The standard InChI is InChI=1S/C18H19Cl2N/c1-2-21-18(17-15(19)7-4-8-16(17)20)14-10-9-12-5-3-6-13(12)11-14/h4,7-11,18,21H,2-3,5-6H2,1H3. The van der Waals surface area contributed by atoms with E-state index in [1.807, 2.05) is 18.2 Å². The third-order valence-electron chi connectivity index (χ3n) is 4.15. The number of hydrogen-bond donors (Lipinski definition) is 1. The molecule has 21 heavy (non-hydrogen) atoms. The molecule has 0 heterocycles. The van der Waals surface area contributed by atoms with Crippen molar-refractivity contribution < 1.29 is 0 Å². The molecule has 1 aliphatic carbocycles. The van der Waals surface area contributed by atoms with Crippen LogP contribution in [0.15, 0.2) is 36.4 Å². The lowest BCUT2D eigenvalue weighted by molar-refractivity contribution is 0.630. The van der Waals surface area contributed by atoms with Crippen molar-refractivity contribution in [1.29, 1.82) is 0 Å². The average molecular weight is 320 g/mol. The van der Waals surface area contributed by atoms with Crippen molar-refractivity contribution in [2.45, 2.75) is 32.2 Å². The molecular weight excluding hydrogens is 301 g/mol. The maximum atomic E-state index is 6.40. The number of rotatable bonds is 4. The molecule has 110 valence electrons. The lowest BCUT2D eigenvalue weighted by Gasteiger charge is -2.22. The number of halogens is 2. The molecule has 3 heteroatoms. The van der Waals surface area contributed by atoms with E-state index >= 15 is 0 Å². The first-order valence-electron chi connectivity index (χ1n) is 7.49. The monoisotopic (exact) mass is 319 g/mol. The van der Waals surface area contributed by atoms with Gasteiger partial charge in [0.05, 0.1) is 6.04 Å². The fraction of sp³-hybridized carbons (Fsp3) is 0.333. The Morgan fingerprint density at radius 2 is 1.76 bits per heavy atom. The first kappa shape index (κ1) is 14.9. The minimum Gasteiger partial charge on any atom is -0.306 e. The third-order valence-corrected chi connectivity index (χ3v) is 4.81. The molecule has 1 atom stereocenters. The van der Waals surface area contributed by atoms with Crippen molar-refractivity contribution in [2.24, 2.45) is 0 Å². The lowest BCUT2D eigenvalue weighted by atomic mass is 9.95. The Kier molecular flexibility index (Phi) is 4.54. The summed E-state index contributed by atoms with van der Waals surface area (Å²) >= 11 is 12.8. The minimum atomic E-state index is 0.0436. The molecule has 1 unspecified atom stereocenters. The van der Waals surface area contributed by atoms with Gasteiger partial charge in [-0.1, -0.05) is 54.4 Å². The number of aryl methyl sites for hydroxylation is 2. The molecule has 1 N–H and O–H groups in total. The Labute approximate surface area is 136 Å². The van der Waals surface area contributed by atoms with Crippen LogP contribution in [0.2, 0.25) is 10.0 Å². The highest BCUT2D eigenvalue weighted by Gasteiger charge is 2.21. The fourth-order valence-corrected chi connectivity index (χ4v) is 3.76. The summed E-state index contributed by atoms with van der Waals surface area (Å²) in [5.41, 5.74) is 5.17. The Balaban J connectivity index is 2.06. The average Bonchev–Trinajstić information content (AvgIpc) is 2.93. The van der Waals surface area contributed by atoms with Crippen molar-refractivity contribution in [3.63, 3.8) is 0 Å². The van der Waals surface area contributed by atoms with Gasteiger partial charge in [0.1, 0.15) is 0 Å². The minimum absolute atomic E-state index is 0.0436. The van der Waals surface area contributed by atoms with Gasteiger partial charge in [0.15, 0.2) is 0 Å². The molecule has 0 aliphatic heterocycles. The molecule has 3 rings (SSSR count). The summed E-state index contributed by atoms with van der Waals surface area (Å²) < 4.78 is 0. The molecule has 1 nitrogen and oxygen atoms in total. The van der Waals surface area contributed by atoms with Crippen molar-refractivity contribution in [2.75, 3.05) is 6.54 Å². The van der Waals surface area contributed by atoms with Gasteiger partial charge in [0.2, 0.25) is 0 Å². The van der Waals surface area contributed by atoms with E-state index in [0.29, 0.717) is 10.0 Å². The van der Waals surface area contributed by atoms with Gasteiger partial charge in [-0.25, -0.2) is 0 Å². The Morgan fingerprint density at radius 1 is 1.05 bits per heavy atom. The summed E-state index contributed by atoms with van der Waals surface area (Å²) in [4.78, 5) is 0. The van der Waals surface area contributed by atoms with E-state index in [0.717, 1.165) is 12.1 Å². The van der Waals surface area contributed by atoms with Gasteiger partial charge >= 0.3 is 0 Å². The van der Waals surface area contributed by atoms with Crippen LogP contribution < -0.4 is 5.32 Å². The summed E-state index contributed by atoms with van der Waals surface area (Å²) in [5.74, 6) is 0. The highest BCUT2D eigenvalue weighted by atomic mass is 35.5. The zero-order valence-corrected chi connectivity index (χ0v) is 13.6. The zero-order valence-electron chi connectivity index (χ0n) is 12.1. The van der Waals surface area contributed by atoms with Crippen molar-refractivity contribution in [3.05, 3.63) is 68.7 Å². The molecule has 0 saturated heterocycles. The summed E-state index contributed by atoms with van der Waals surface area (Å²) in [5, 5.41) is 4.95. The van der Waals surface area contributed by atoms with E-state index in [-0.39, 0.29) is 6.04 Å². The number of fused-ring (bicyclic) bond motifs is 1. The molecule has 2 aromatic rings. The first-order chi connectivity index (χ1) is 10.2. The molecule has 0 amide bonds. The largest absolute Gasteiger partial charge is 0.306 e. The van der Waals surface area contributed by atoms with E-state index in [2.05, 4.69) is 30.4 Å².